The Morgan fingerprint density at radius 2 is 1.79 bits per heavy atom. The second kappa shape index (κ2) is 8.21. The minimum Gasteiger partial charge on any atom is -0.342 e. The van der Waals surface area contributed by atoms with Crippen LogP contribution >= 0.6 is 0 Å². The van der Waals surface area contributed by atoms with Crippen molar-refractivity contribution < 1.29 is 4.79 Å². The molecule has 0 N–H and O–H groups in total. The van der Waals surface area contributed by atoms with Gasteiger partial charge >= 0.3 is 0 Å². The topological polar surface area (TPSA) is 59.0 Å². The monoisotopic (exact) mass is 392 g/mol. The maximum absolute atomic E-state index is 13.0. The fourth-order valence-corrected chi connectivity index (χ4v) is 4.65. The molecule has 1 saturated heterocycles. The van der Waals surface area contributed by atoms with Crippen LogP contribution in [0.15, 0.2) is 30.7 Å². The van der Waals surface area contributed by atoms with Crippen LogP contribution in [-0.2, 0) is 10.2 Å². The number of piperidine rings is 1. The van der Waals surface area contributed by atoms with Crippen molar-refractivity contribution in [2.24, 2.45) is 5.92 Å². The van der Waals surface area contributed by atoms with Gasteiger partial charge in [0.05, 0.1) is 5.69 Å². The first-order valence-electron chi connectivity index (χ1n) is 11.0. The molecule has 2 fully saturated rings. The second-order valence-corrected chi connectivity index (χ2v) is 9.58. The molecule has 1 saturated carbocycles. The van der Waals surface area contributed by atoms with Crippen molar-refractivity contribution >= 4 is 5.91 Å². The third kappa shape index (κ3) is 4.34. The highest BCUT2D eigenvalue weighted by atomic mass is 16.2. The number of carbonyl (C=O) groups is 1. The summed E-state index contributed by atoms with van der Waals surface area (Å²) in [5.41, 5.74) is 3.13. The van der Waals surface area contributed by atoms with Crippen LogP contribution in [0.2, 0.25) is 0 Å². The maximum Gasteiger partial charge on any atom is 0.225 e. The average Bonchev–Trinajstić information content (AvgIpc) is 3.28. The molecule has 1 aliphatic heterocycles. The van der Waals surface area contributed by atoms with Gasteiger partial charge < -0.3 is 4.90 Å². The van der Waals surface area contributed by atoms with E-state index in [9.17, 15) is 4.79 Å². The molecule has 3 heterocycles. The van der Waals surface area contributed by atoms with E-state index in [1.807, 2.05) is 30.7 Å². The van der Waals surface area contributed by atoms with E-state index in [2.05, 4.69) is 35.6 Å². The van der Waals surface area contributed by atoms with Crippen molar-refractivity contribution in [2.75, 3.05) is 13.1 Å². The summed E-state index contributed by atoms with van der Waals surface area (Å²) in [5.74, 6) is 1.72. The summed E-state index contributed by atoms with van der Waals surface area (Å²) in [5, 5.41) is 0. The maximum atomic E-state index is 13.0. The molecular weight excluding hydrogens is 360 g/mol. The number of hydrogen-bond donors (Lipinski definition) is 0. The van der Waals surface area contributed by atoms with E-state index in [0.29, 0.717) is 5.91 Å². The van der Waals surface area contributed by atoms with Gasteiger partial charge in [0.25, 0.3) is 0 Å². The normalized spacial score (nSPS) is 20.8. The van der Waals surface area contributed by atoms with Crippen molar-refractivity contribution in [1.29, 1.82) is 0 Å². The fourth-order valence-electron chi connectivity index (χ4n) is 4.65. The molecule has 5 heteroatoms. The third-order valence-corrected chi connectivity index (χ3v) is 6.30. The standard InChI is InChI=1S/C24H32N4O/c1-24(2,3)23-26-15-20(17-10-12-25-13-11-17)21(27-23)19-9-6-14-28(16-19)22(29)18-7-4-5-8-18/h10-13,15,18-19H,4-9,14,16H2,1-3H3. The molecule has 2 aromatic heterocycles. The lowest BCUT2D eigenvalue weighted by atomic mass is 9.88. The summed E-state index contributed by atoms with van der Waals surface area (Å²) in [6, 6.07) is 4.03. The van der Waals surface area contributed by atoms with Gasteiger partial charge in [0.15, 0.2) is 0 Å². The average molecular weight is 393 g/mol. The molecule has 1 unspecified atom stereocenters. The number of hydrogen-bond acceptors (Lipinski definition) is 4. The summed E-state index contributed by atoms with van der Waals surface area (Å²) in [6.45, 7) is 8.10. The Kier molecular flexibility index (Phi) is 5.66. The molecule has 29 heavy (non-hydrogen) atoms. The first-order chi connectivity index (χ1) is 13.9. The first kappa shape index (κ1) is 20.0. The fraction of sp³-hybridized carbons (Fsp3) is 0.583. The zero-order chi connectivity index (χ0) is 20.4. The Morgan fingerprint density at radius 3 is 2.48 bits per heavy atom. The lowest BCUT2D eigenvalue weighted by molar-refractivity contribution is -0.136. The van der Waals surface area contributed by atoms with E-state index >= 15 is 0 Å². The van der Waals surface area contributed by atoms with Gasteiger partial charge in [-0.25, -0.2) is 9.97 Å². The van der Waals surface area contributed by atoms with E-state index in [1.165, 1.54) is 12.8 Å². The van der Waals surface area contributed by atoms with E-state index in [4.69, 9.17) is 4.98 Å². The molecule has 2 aromatic rings. The largest absolute Gasteiger partial charge is 0.342 e. The van der Waals surface area contributed by atoms with E-state index in [-0.39, 0.29) is 17.3 Å². The second-order valence-electron chi connectivity index (χ2n) is 9.58. The van der Waals surface area contributed by atoms with E-state index < -0.39 is 0 Å². The molecule has 0 radical (unpaired) electrons. The van der Waals surface area contributed by atoms with Crippen LogP contribution < -0.4 is 0 Å². The van der Waals surface area contributed by atoms with Crippen molar-refractivity contribution in [1.82, 2.24) is 19.9 Å². The molecule has 0 bridgehead atoms. The number of carbonyl (C=O) groups excluding carboxylic acids is 1. The molecule has 4 rings (SSSR count). The van der Waals surface area contributed by atoms with Gasteiger partial charge in [-0.05, 0) is 43.4 Å². The molecule has 1 amide bonds. The summed E-state index contributed by atoms with van der Waals surface area (Å²) in [6.07, 6.45) is 12.2. The Labute approximate surface area is 174 Å². The SMILES string of the molecule is CC(C)(C)c1ncc(-c2ccncc2)c(C2CCCN(C(=O)C3CCCC3)C2)n1. The predicted octanol–water partition coefficient (Wildman–Crippen LogP) is 4.73. The zero-order valence-electron chi connectivity index (χ0n) is 17.9. The van der Waals surface area contributed by atoms with Gasteiger partial charge in [0, 0.05) is 54.5 Å². The number of likely N-dealkylation sites (tertiary alicyclic amines) is 1. The lowest BCUT2D eigenvalue weighted by Gasteiger charge is -2.35. The van der Waals surface area contributed by atoms with E-state index in [1.54, 1.807) is 0 Å². The molecule has 0 spiro atoms. The summed E-state index contributed by atoms with van der Waals surface area (Å²) < 4.78 is 0. The highest BCUT2D eigenvalue weighted by Crippen LogP contribution is 2.35. The van der Waals surface area contributed by atoms with Crippen LogP contribution in [0.4, 0.5) is 0 Å². The van der Waals surface area contributed by atoms with Crippen LogP contribution in [0, 0.1) is 5.92 Å². The smallest absolute Gasteiger partial charge is 0.225 e. The van der Waals surface area contributed by atoms with Gasteiger partial charge in [-0.3, -0.25) is 9.78 Å². The van der Waals surface area contributed by atoms with Crippen molar-refractivity contribution in [3.8, 4) is 11.1 Å². The Morgan fingerprint density at radius 1 is 1.07 bits per heavy atom. The molecule has 5 nitrogen and oxygen atoms in total. The van der Waals surface area contributed by atoms with Gasteiger partial charge in [-0.15, -0.1) is 0 Å². The van der Waals surface area contributed by atoms with E-state index in [0.717, 1.165) is 61.4 Å². The minimum atomic E-state index is -0.112. The Hall–Kier alpha value is -2.30. The van der Waals surface area contributed by atoms with Crippen LogP contribution in [0.25, 0.3) is 11.1 Å². The Bertz CT molecular complexity index is 853. The van der Waals surface area contributed by atoms with Crippen molar-refractivity contribution in [3.05, 3.63) is 42.2 Å². The zero-order valence-corrected chi connectivity index (χ0v) is 17.9. The molecule has 1 atom stereocenters. The van der Waals surface area contributed by atoms with Gasteiger partial charge in [0.2, 0.25) is 5.91 Å². The van der Waals surface area contributed by atoms with Crippen LogP contribution in [-0.4, -0.2) is 38.8 Å². The van der Waals surface area contributed by atoms with Crippen LogP contribution in [0.1, 0.15) is 76.7 Å². The van der Waals surface area contributed by atoms with Crippen LogP contribution in [0.5, 0.6) is 0 Å². The highest BCUT2D eigenvalue weighted by molar-refractivity contribution is 5.79. The molecule has 0 aromatic carbocycles. The van der Waals surface area contributed by atoms with Gasteiger partial charge in [-0.1, -0.05) is 33.6 Å². The van der Waals surface area contributed by atoms with Crippen molar-refractivity contribution in [2.45, 2.75) is 70.6 Å². The number of amides is 1. The van der Waals surface area contributed by atoms with Gasteiger partial charge in [-0.2, -0.15) is 0 Å². The number of aromatic nitrogens is 3. The predicted molar refractivity (Wildman–Crippen MR) is 114 cm³/mol. The highest BCUT2D eigenvalue weighted by Gasteiger charge is 2.33. The number of nitrogens with zero attached hydrogens (tertiary/aromatic N) is 4. The molecular formula is C24H32N4O. The minimum absolute atomic E-state index is 0.112. The van der Waals surface area contributed by atoms with Crippen LogP contribution in [0.3, 0.4) is 0 Å². The number of rotatable bonds is 3. The lowest BCUT2D eigenvalue weighted by Crippen LogP contribution is -2.42. The first-order valence-corrected chi connectivity index (χ1v) is 11.0. The number of pyridine rings is 1. The third-order valence-electron chi connectivity index (χ3n) is 6.30. The van der Waals surface area contributed by atoms with Crippen molar-refractivity contribution in [3.63, 3.8) is 0 Å². The Balaban J connectivity index is 1.67. The summed E-state index contributed by atoms with van der Waals surface area (Å²) >= 11 is 0. The summed E-state index contributed by atoms with van der Waals surface area (Å²) in [7, 11) is 0. The molecule has 1 aliphatic carbocycles. The molecule has 2 aliphatic rings. The summed E-state index contributed by atoms with van der Waals surface area (Å²) in [4.78, 5) is 29.1. The quantitative estimate of drug-likeness (QED) is 0.757. The molecule has 154 valence electrons. The van der Waals surface area contributed by atoms with Gasteiger partial charge in [0.1, 0.15) is 5.82 Å².